The largest absolute Gasteiger partial charge is 0.465 e. The fourth-order valence-electron chi connectivity index (χ4n) is 3.66. The van der Waals surface area contributed by atoms with E-state index in [1.54, 1.807) is 6.07 Å². The zero-order valence-electron chi connectivity index (χ0n) is 16.5. The zero-order valence-corrected chi connectivity index (χ0v) is 16.5. The summed E-state index contributed by atoms with van der Waals surface area (Å²) >= 11 is 0. The summed E-state index contributed by atoms with van der Waals surface area (Å²) in [6.45, 7) is 2.37. The normalized spacial score (nSPS) is 13.8. The van der Waals surface area contributed by atoms with E-state index in [-0.39, 0.29) is 16.9 Å². The lowest BCUT2D eigenvalue weighted by Crippen LogP contribution is -2.36. The molecule has 0 radical (unpaired) electrons. The molecule has 3 aromatic carbocycles. The van der Waals surface area contributed by atoms with Crippen LogP contribution < -0.4 is 10.2 Å². The number of nitro benzene ring substituents is 1. The summed E-state index contributed by atoms with van der Waals surface area (Å²) in [7, 11) is 1.21. The van der Waals surface area contributed by atoms with Crippen LogP contribution >= 0.6 is 0 Å². The third-order valence-corrected chi connectivity index (χ3v) is 5.12. The van der Waals surface area contributed by atoms with E-state index in [1.165, 1.54) is 13.2 Å². The third-order valence-electron chi connectivity index (χ3n) is 5.12. The van der Waals surface area contributed by atoms with E-state index in [4.69, 9.17) is 9.47 Å². The number of hydrogen-bond donors (Lipinski definition) is 1. The molecule has 1 N–H and O–H groups in total. The number of nitro groups is 1. The molecule has 154 valence electrons. The Morgan fingerprint density at radius 1 is 1.10 bits per heavy atom. The van der Waals surface area contributed by atoms with Crippen molar-refractivity contribution in [2.24, 2.45) is 0 Å². The van der Waals surface area contributed by atoms with Gasteiger partial charge >= 0.3 is 11.7 Å². The number of esters is 1. The Labute approximate surface area is 173 Å². The van der Waals surface area contributed by atoms with Crippen molar-refractivity contribution < 1.29 is 19.2 Å². The van der Waals surface area contributed by atoms with Crippen LogP contribution in [0.3, 0.4) is 0 Å². The molecule has 0 aliphatic carbocycles. The fourth-order valence-corrected chi connectivity index (χ4v) is 3.66. The number of rotatable bonds is 5. The van der Waals surface area contributed by atoms with E-state index in [2.05, 4.69) is 5.32 Å². The number of nitrogens with one attached hydrogen (secondary N) is 1. The molecule has 0 aromatic heterocycles. The molecule has 1 saturated heterocycles. The summed E-state index contributed by atoms with van der Waals surface area (Å²) in [4.78, 5) is 25.8. The number of ether oxygens (including phenoxy) is 2. The maximum absolute atomic E-state index is 12.4. The van der Waals surface area contributed by atoms with Gasteiger partial charge in [0.05, 0.1) is 25.2 Å². The van der Waals surface area contributed by atoms with Gasteiger partial charge < -0.3 is 19.7 Å². The third kappa shape index (κ3) is 3.77. The van der Waals surface area contributed by atoms with E-state index in [9.17, 15) is 14.9 Å². The summed E-state index contributed by atoms with van der Waals surface area (Å²) in [5.41, 5.74) is 1.25. The second-order valence-electron chi connectivity index (χ2n) is 6.89. The Kier molecular flexibility index (Phi) is 5.49. The van der Waals surface area contributed by atoms with Gasteiger partial charge in [0.1, 0.15) is 11.3 Å². The minimum Gasteiger partial charge on any atom is -0.465 e. The number of benzene rings is 3. The van der Waals surface area contributed by atoms with E-state index >= 15 is 0 Å². The molecule has 0 unspecified atom stereocenters. The van der Waals surface area contributed by atoms with E-state index in [0.29, 0.717) is 37.7 Å². The molecule has 0 spiro atoms. The Balaban J connectivity index is 1.87. The molecule has 1 fully saturated rings. The number of carbonyl (C=O) groups excluding carboxylic acids is 1. The van der Waals surface area contributed by atoms with Crippen LogP contribution in [-0.4, -0.2) is 44.3 Å². The molecule has 8 heteroatoms. The summed E-state index contributed by atoms with van der Waals surface area (Å²) in [5.74, 6) is -0.752. The molecule has 1 heterocycles. The molecule has 0 bridgehead atoms. The molecule has 4 rings (SSSR count). The number of carbonyl (C=O) groups is 1. The molecule has 0 amide bonds. The Morgan fingerprint density at radius 3 is 2.57 bits per heavy atom. The molecule has 0 saturated carbocycles. The van der Waals surface area contributed by atoms with Gasteiger partial charge in [0.15, 0.2) is 0 Å². The van der Waals surface area contributed by atoms with Crippen LogP contribution in [0.1, 0.15) is 10.4 Å². The van der Waals surface area contributed by atoms with Crippen molar-refractivity contribution in [1.82, 2.24) is 0 Å². The van der Waals surface area contributed by atoms with Crippen molar-refractivity contribution in [1.29, 1.82) is 0 Å². The van der Waals surface area contributed by atoms with Crippen LogP contribution in [0.25, 0.3) is 10.8 Å². The number of morpholine rings is 1. The Hall–Kier alpha value is -3.65. The van der Waals surface area contributed by atoms with Crippen molar-refractivity contribution in [2.75, 3.05) is 43.6 Å². The summed E-state index contributed by atoms with van der Waals surface area (Å²) in [6.07, 6.45) is 0. The second kappa shape index (κ2) is 8.38. The molecular formula is C22H21N3O5. The zero-order chi connectivity index (χ0) is 21.1. The molecule has 3 aromatic rings. The highest BCUT2D eigenvalue weighted by atomic mass is 16.6. The van der Waals surface area contributed by atoms with Gasteiger partial charge in [-0.3, -0.25) is 10.1 Å². The first-order valence-corrected chi connectivity index (χ1v) is 9.56. The van der Waals surface area contributed by atoms with Crippen LogP contribution in [-0.2, 0) is 9.47 Å². The van der Waals surface area contributed by atoms with Crippen molar-refractivity contribution in [3.05, 3.63) is 70.3 Å². The second-order valence-corrected chi connectivity index (χ2v) is 6.89. The predicted octanol–water partition coefficient (Wildman–Crippen LogP) is 4.11. The number of methoxy groups -OCH3 is 1. The van der Waals surface area contributed by atoms with E-state index in [1.807, 2.05) is 47.4 Å². The number of hydrogen-bond acceptors (Lipinski definition) is 7. The van der Waals surface area contributed by atoms with Crippen molar-refractivity contribution >= 4 is 39.5 Å². The molecule has 1 aliphatic rings. The van der Waals surface area contributed by atoms with Gasteiger partial charge in [0.2, 0.25) is 0 Å². The molecule has 8 nitrogen and oxygen atoms in total. The lowest BCUT2D eigenvalue weighted by molar-refractivity contribution is -0.384. The molecule has 1 aliphatic heterocycles. The van der Waals surface area contributed by atoms with E-state index in [0.717, 1.165) is 10.8 Å². The monoisotopic (exact) mass is 407 g/mol. The minimum absolute atomic E-state index is 0.0887. The lowest BCUT2D eigenvalue weighted by atomic mass is 10.1. The van der Waals surface area contributed by atoms with E-state index < -0.39 is 10.9 Å². The predicted molar refractivity (Wildman–Crippen MR) is 115 cm³/mol. The summed E-state index contributed by atoms with van der Waals surface area (Å²) in [5, 5.41) is 17.0. The number of nitrogens with zero attached hydrogens (tertiary/aromatic N) is 2. The van der Waals surface area contributed by atoms with Gasteiger partial charge in [0, 0.05) is 29.9 Å². The van der Waals surface area contributed by atoms with Gasteiger partial charge in [-0.2, -0.15) is 0 Å². The Morgan fingerprint density at radius 2 is 1.83 bits per heavy atom. The molecule has 30 heavy (non-hydrogen) atoms. The lowest BCUT2D eigenvalue weighted by Gasteiger charge is -2.29. The van der Waals surface area contributed by atoms with Crippen LogP contribution in [0.15, 0.2) is 54.6 Å². The summed E-state index contributed by atoms with van der Waals surface area (Å²) in [6, 6.07) is 16.7. The van der Waals surface area contributed by atoms with Gasteiger partial charge in [-0.15, -0.1) is 0 Å². The molecular weight excluding hydrogens is 386 g/mol. The fraction of sp³-hybridized carbons (Fsp3) is 0.227. The maximum Gasteiger partial charge on any atom is 0.345 e. The van der Waals surface area contributed by atoms with Crippen LogP contribution in [0.5, 0.6) is 0 Å². The van der Waals surface area contributed by atoms with Gasteiger partial charge in [0.25, 0.3) is 0 Å². The average molecular weight is 407 g/mol. The van der Waals surface area contributed by atoms with Crippen molar-refractivity contribution in [2.45, 2.75) is 0 Å². The first-order chi connectivity index (χ1) is 14.6. The van der Waals surface area contributed by atoms with Gasteiger partial charge in [-0.05, 0) is 23.6 Å². The topological polar surface area (TPSA) is 93.9 Å². The van der Waals surface area contributed by atoms with Crippen LogP contribution in [0, 0.1) is 10.1 Å². The Bertz CT molecular complexity index is 1100. The smallest absolute Gasteiger partial charge is 0.345 e. The van der Waals surface area contributed by atoms with Crippen LogP contribution in [0.2, 0.25) is 0 Å². The highest BCUT2D eigenvalue weighted by Crippen LogP contribution is 2.38. The quantitative estimate of drug-likeness (QED) is 0.386. The standard InChI is InChI=1S/C22H21N3O5/c1-29-22(26)18-13-16(24-9-11-30-12-10-24)14-20(21(18)25(27)28)23-19-8-4-6-15-5-2-3-7-17(15)19/h2-8,13-14,23H,9-12H2,1H3. The number of fused-ring (bicyclic) bond motifs is 1. The highest BCUT2D eigenvalue weighted by molar-refractivity contribution is 6.01. The minimum atomic E-state index is -0.752. The van der Waals surface area contributed by atoms with Crippen molar-refractivity contribution in [3.63, 3.8) is 0 Å². The average Bonchev–Trinajstić information content (AvgIpc) is 2.78. The maximum atomic E-state index is 12.4. The highest BCUT2D eigenvalue weighted by Gasteiger charge is 2.28. The first-order valence-electron chi connectivity index (χ1n) is 9.56. The summed E-state index contributed by atoms with van der Waals surface area (Å²) < 4.78 is 10.2. The van der Waals surface area contributed by atoms with Crippen molar-refractivity contribution in [3.8, 4) is 0 Å². The van der Waals surface area contributed by atoms with Gasteiger partial charge in [-0.25, -0.2) is 4.79 Å². The SMILES string of the molecule is COC(=O)c1cc(N2CCOCC2)cc(Nc2cccc3ccccc23)c1[N+](=O)[O-]. The molecule has 0 atom stereocenters. The van der Waals surface area contributed by atoms with Crippen LogP contribution in [0.4, 0.5) is 22.7 Å². The first kappa shape index (κ1) is 19.7. The number of anilines is 3. The van der Waals surface area contributed by atoms with Gasteiger partial charge in [-0.1, -0.05) is 36.4 Å².